The van der Waals surface area contributed by atoms with Crippen LogP contribution in [0.25, 0.3) is 0 Å². The van der Waals surface area contributed by atoms with E-state index in [0.717, 1.165) is 5.56 Å². The second kappa shape index (κ2) is 6.03. The van der Waals surface area contributed by atoms with Gasteiger partial charge in [0.2, 0.25) is 0 Å². The maximum absolute atomic E-state index is 11.1. The van der Waals surface area contributed by atoms with Crippen molar-refractivity contribution in [1.82, 2.24) is 10.8 Å². The molecular formula is C11H16N2O2. The van der Waals surface area contributed by atoms with E-state index in [9.17, 15) is 4.79 Å². The number of rotatable bonds is 4. The smallest absolute Gasteiger partial charge is 0.334 e. The van der Waals surface area contributed by atoms with E-state index in [0.29, 0.717) is 6.61 Å². The number of hydrogen-bond acceptors (Lipinski definition) is 2. The molecule has 1 aromatic carbocycles. The number of nitrogens with one attached hydrogen (secondary N) is 2. The van der Waals surface area contributed by atoms with Gasteiger partial charge in [0.15, 0.2) is 0 Å². The fourth-order valence-electron chi connectivity index (χ4n) is 1.05. The number of benzene rings is 1. The largest absolute Gasteiger partial charge is 0.338 e. The van der Waals surface area contributed by atoms with Gasteiger partial charge in [-0.15, -0.1) is 0 Å². The summed E-state index contributed by atoms with van der Waals surface area (Å²) in [4.78, 5) is 16.1. The van der Waals surface area contributed by atoms with Crippen LogP contribution in [0.3, 0.4) is 0 Å². The minimum atomic E-state index is -0.319. The average molecular weight is 208 g/mol. The Kier molecular flexibility index (Phi) is 4.63. The molecule has 1 aromatic rings. The van der Waals surface area contributed by atoms with E-state index in [1.807, 2.05) is 44.2 Å². The molecule has 0 spiro atoms. The topological polar surface area (TPSA) is 50.4 Å². The first kappa shape index (κ1) is 11.5. The zero-order valence-corrected chi connectivity index (χ0v) is 8.99. The number of urea groups is 1. The van der Waals surface area contributed by atoms with Gasteiger partial charge in [0.25, 0.3) is 0 Å². The van der Waals surface area contributed by atoms with Crippen LogP contribution in [0, 0.1) is 0 Å². The molecule has 4 heteroatoms. The molecule has 0 heterocycles. The SMILES string of the molecule is CC(C)NC(=O)NOCc1ccccc1. The highest BCUT2D eigenvalue weighted by molar-refractivity contribution is 5.72. The van der Waals surface area contributed by atoms with Crippen LogP contribution in [0.4, 0.5) is 4.79 Å². The maximum Gasteiger partial charge on any atom is 0.338 e. The zero-order chi connectivity index (χ0) is 11.1. The zero-order valence-electron chi connectivity index (χ0n) is 8.99. The summed E-state index contributed by atoms with van der Waals surface area (Å²) in [6.07, 6.45) is 0. The van der Waals surface area contributed by atoms with Crippen molar-refractivity contribution in [2.24, 2.45) is 0 Å². The van der Waals surface area contributed by atoms with Crippen molar-refractivity contribution in [1.29, 1.82) is 0 Å². The second-order valence-electron chi connectivity index (χ2n) is 3.50. The highest BCUT2D eigenvalue weighted by atomic mass is 16.7. The van der Waals surface area contributed by atoms with Gasteiger partial charge in [-0.25, -0.2) is 10.3 Å². The lowest BCUT2D eigenvalue weighted by atomic mass is 10.2. The van der Waals surface area contributed by atoms with Gasteiger partial charge in [0.1, 0.15) is 0 Å². The van der Waals surface area contributed by atoms with Crippen molar-refractivity contribution in [2.45, 2.75) is 26.5 Å². The quantitative estimate of drug-likeness (QED) is 0.741. The summed E-state index contributed by atoms with van der Waals surface area (Å²) in [5.74, 6) is 0. The monoisotopic (exact) mass is 208 g/mol. The molecule has 2 N–H and O–H groups in total. The van der Waals surface area contributed by atoms with Crippen molar-refractivity contribution in [2.75, 3.05) is 0 Å². The van der Waals surface area contributed by atoms with Crippen LogP contribution in [0.1, 0.15) is 19.4 Å². The highest BCUT2D eigenvalue weighted by Gasteiger charge is 2.01. The molecule has 0 aliphatic carbocycles. The minimum absolute atomic E-state index is 0.102. The third kappa shape index (κ3) is 5.02. The predicted octanol–water partition coefficient (Wildman–Crippen LogP) is 1.83. The Labute approximate surface area is 89.6 Å². The Morgan fingerprint density at radius 2 is 2.00 bits per heavy atom. The van der Waals surface area contributed by atoms with E-state index >= 15 is 0 Å². The Hall–Kier alpha value is -1.55. The van der Waals surface area contributed by atoms with E-state index in [-0.39, 0.29) is 12.1 Å². The molecule has 0 aliphatic heterocycles. The van der Waals surface area contributed by atoms with E-state index in [4.69, 9.17) is 4.84 Å². The first-order valence-corrected chi connectivity index (χ1v) is 4.90. The van der Waals surface area contributed by atoms with Crippen molar-refractivity contribution in [3.05, 3.63) is 35.9 Å². The normalized spacial score (nSPS) is 10.1. The molecule has 1 rings (SSSR count). The number of carbonyl (C=O) groups excluding carboxylic acids is 1. The van der Waals surface area contributed by atoms with Crippen molar-refractivity contribution < 1.29 is 9.63 Å². The number of amides is 2. The first-order chi connectivity index (χ1) is 7.18. The predicted molar refractivity (Wildman–Crippen MR) is 58.0 cm³/mol. The summed E-state index contributed by atoms with van der Waals surface area (Å²) >= 11 is 0. The Morgan fingerprint density at radius 1 is 1.33 bits per heavy atom. The summed E-state index contributed by atoms with van der Waals surface area (Å²) in [5, 5.41) is 2.65. The van der Waals surface area contributed by atoms with E-state index < -0.39 is 0 Å². The summed E-state index contributed by atoms with van der Waals surface area (Å²) in [6.45, 7) is 4.14. The van der Waals surface area contributed by atoms with Crippen LogP contribution >= 0.6 is 0 Å². The minimum Gasteiger partial charge on any atom is -0.334 e. The van der Waals surface area contributed by atoms with Gasteiger partial charge in [-0.3, -0.25) is 4.84 Å². The molecule has 0 fully saturated rings. The lowest BCUT2D eigenvalue weighted by Gasteiger charge is -2.09. The number of hydroxylamine groups is 1. The van der Waals surface area contributed by atoms with Crippen LogP contribution in [0.5, 0.6) is 0 Å². The van der Waals surface area contributed by atoms with Crippen LogP contribution in [-0.4, -0.2) is 12.1 Å². The summed E-state index contributed by atoms with van der Waals surface area (Å²) < 4.78 is 0. The molecule has 2 amide bonds. The van der Waals surface area contributed by atoms with Crippen LogP contribution in [0.15, 0.2) is 30.3 Å². The van der Waals surface area contributed by atoms with Gasteiger partial charge in [-0.2, -0.15) is 0 Å². The van der Waals surface area contributed by atoms with Gasteiger partial charge >= 0.3 is 6.03 Å². The fourth-order valence-corrected chi connectivity index (χ4v) is 1.05. The lowest BCUT2D eigenvalue weighted by Crippen LogP contribution is -2.39. The summed E-state index contributed by atoms with van der Waals surface area (Å²) in [6, 6.07) is 9.43. The molecule has 0 aliphatic rings. The molecule has 0 unspecified atom stereocenters. The molecule has 82 valence electrons. The average Bonchev–Trinajstić information content (AvgIpc) is 2.18. The highest BCUT2D eigenvalue weighted by Crippen LogP contribution is 1.98. The van der Waals surface area contributed by atoms with Gasteiger partial charge in [0.05, 0.1) is 6.61 Å². The van der Waals surface area contributed by atoms with E-state index in [1.54, 1.807) is 0 Å². The third-order valence-electron chi connectivity index (χ3n) is 1.67. The fraction of sp³-hybridized carbons (Fsp3) is 0.364. The molecular weight excluding hydrogens is 192 g/mol. The first-order valence-electron chi connectivity index (χ1n) is 4.90. The molecule has 0 saturated carbocycles. The van der Waals surface area contributed by atoms with E-state index in [2.05, 4.69) is 10.8 Å². The standard InChI is InChI=1S/C11H16N2O2/c1-9(2)12-11(14)13-15-8-10-6-4-3-5-7-10/h3-7,9H,8H2,1-2H3,(H2,12,13,14). The Bertz CT molecular complexity index is 299. The van der Waals surface area contributed by atoms with Crippen LogP contribution in [0.2, 0.25) is 0 Å². The van der Waals surface area contributed by atoms with Crippen molar-refractivity contribution in [3.63, 3.8) is 0 Å². The van der Waals surface area contributed by atoms with E-state index in [1.165, 1.54) is 0 Å². The number of hydrogen-bond donors (Lipinski definition) is 2. The van der Waals surface area contributed by atoms with Gasteiger partial charge in [-0.1, -0.05) is 30.3 Å². The van der Waals surface area contributed by atoms with Crippen molar-refractivity contribution >= 4 is 6.03 Å². The molecule has 0 radical (unpaired) electrons. The van der Waals surface area contributed by atoms with Crippen LogP contribution < -0.4 is 10.8 Å². The van der Waals surface area contributed by atoms with Crippen LogP contribution in [-0.2, 0) is 11.4 Å². The van der Waals surface area contributed by atoms with Gasteiger partial charge < -0.3 is 5.32 Å². The molecule has 0 saturated heterocycles. The van der Waals surface area contributed by atoms with Gasteiger partial charge in [0, 0.05) is 6.04 Å². The lowest BCUT2D eigenvalue weighted by molar-refractivity contribution is 0.0485. The Balaban J connectivity index is 2.19. The summed E-state index contributed by atoms with van der Waals surface area (Å²) in [5.41, 5.74) is 3.33. The number of carbonyl (C=O) groups is 1. The third-order valence-corrected chi connectivity index (χ3v) is 1.67. The molecule has 0 atom stereocenters. The Morgan fingerprint density at radius 3 is 2.60 bits per heavy atom. The second-order valence-corrected chi connectivity index (χ2v) is 3.50. The molecule has 0 bridgehead atoms. The van der Waals surface area contributed by atoms with Crippen molar-refractivity contribution in [3.8, 4) is 0 Å². The maximum atomic E-state index is 11.1. The molecule has 15 heavy (non-hydrogen) atoms. The molecule has 0 aromatic heterocycles. The summed E-state index contributed by atoms with van der Waals surface area (Å²) in [7, 11) is 0. The van der Waals surface area contributed by atoms with Gasteiger partial charge in [-0.05, 0) is 19.4 Å². The molecule has 4 nitrogen and oxygen atoms in total.